The maximum Gasteiger partial charge on any atom is 0.215 e. The van der Waals surface area contributed by atoms with Gasteiger partial charge in [0.2, 0.25) is 10.0 Å². The van der Waals surface area contributed by atoms with Crippen LogP contribution in [0.4, 0.5) is 0 Å². The Kier molecular flexibility index (Phi) is 2.92. The van der Waals surface area contributed by atoms with E-state index in [-0.39, 0.29) is 10.8 Å². The molecule has 0 aromatic carbocycles. The molecule has 2 aliphatic rings. The van der Waals surface area contributed by atoms with Crippen LogP contribution in [-0.4, -0.2) is 24.5 Å². The van der Waals surface area contributed by atoms with Gasteiger partial charge in [-0.25, -0.2) is 13.1 Å². The van der Waals surface area contributed by atoms with Gasteiger partial charge in [0, 0.05) is 10.9 Å². The molecule has 0 radical (unpaired) electrons. The molecule has 2 rings (SSSR count). The molecule has 3 nitrogen and oxygen atoms in total. The molecule has 0 spiro atoms. The summed E-state index contributed by atoms with van der Waals surface area (Å²) in [6, 6.07) is 0. The van der Waals surface area contributed by atoms with Gasteiger partial charge in [-0.05, 0) is 25.7 Å². The van der Waals surface area contributed by atoms with Crippen molar-refractivity contribution >= 4 is 26.0 Å². The molecular weight excluding hydrogens is 266 g/mol. The summed E-state index contributed by atoms with van der Waals surface area (Å²) in [6.45, 7) is 0. The summed E-state index contributed by atoms with van der Waals surface area (Å²) in [7, 11) is -3.02. The Morgan fingerprint density at radius 3 is 2.29 bits per heavy atom. The van der Waals surface area contributed by atoms with Crippen LogP contribution < -0.4 is 4.72 Å². The predicted octanol–water partition coefficient (Wildman–Crippen LogP) is 1.78. The number of halogens is 1. The third-order valence-electron chi connectivity index (χ3n) is 3.14. The zero-order chi connectivity index (χ0) is 10.2. The van der Waals surface area contributed by atoms with Crippen molar-refractivity contribution < 1.29 is 8.42 Å². The Labute approximate surface area is 93.8 Å². The average Bonchev–Trinajstić information content (AvgIpc) is 2.90. The van der Waals surface area contributed by atoms with E-state index in [0.29, 0.717) is 0 Å². The quantitative estimate of drug-likeness (QED) is 0.799. The zero-order valence-corrected chi connectivity index (χ0v) is 10.5. The minimum absolute atomic E-state index is 0.0981. The fraction of sp³-hybridized carbons (Fsp3) is 1.00. The SMILES string of the molecule is O=S(=O)(NC1(CBr)CCCC1)C1CC1. The minimum atomic E-state index is -3.02. The Balaban J connectivity index is 2.07. The van der Waals surface area contributed by atoms with Gasteiger partial charge >= 0.3 is 0 Å². The van der Waals surface area contributed by atoms with E-state index in [1.54, 1.807) is 0 Å². The molecule has 2 fully saturated rings. The van der Waals surface area contributed by atoms with Gasteiger partial charge in [-0.3, -0.25) is 0 Å². The van der Waals surface area contributed by atoms with Crippen molar-refractivity contribution in [1.82, 2.24) is 4.72 Å². The van der Waals surface area contributed by atoms with Crippen molar-refractivity contribution in [3.63, 3.8) is 0 Å². The van der Waals surface area contributed by atoms with Crippen LogP contribution in [0.2, 0.25) is 0 Å². The molecule has 0 aromatic rings. The number of rotatable bonds is 4. The normalized spacial score (nSPS) is 26.6. The first-order chi connectivity index (χ1) is 6.58. The molecule has 2 aliphatic carbocycles. The highest BCUT2D eigenvalue weighted by Gasteiger charge is 2.42. The maximum absolute atomic E-state index is 11.8. The van der Waals surface area contributed by atoms with Crippen LogP contribution in [0, 0.1) is 0 Å². The topological polar surface area (TPSA) is 46.2 Å². The summed E-state index contributed by atoms with van der Waals surface area (Å²) in [5, 5.41) is 0.644. The molecule has 5 heteroatoms. The van der Waals surface area contributed by atoms with Crippen LogP contribution >= 0.6 is 15.9 Å². The summed E-state index contributed by atoms with van der Waals surface area (Å²) in [5.41, 5.74) is -0.179. The fourth-order valence-electron chi connectivity index (χ4n) is 2.08. The first kappa shape index (κ1) is 10.9. The molecule has 0 aromatic heterocycles. The lowest BCUT2D eigenvalue weighted by molar-refractivity contribution is 0.437. The number of alkyl halides is 1. The Morgan fingerprint density at radius 2 is 1.86 bits per heavy atom. The highest BCUT2D eigenvalue weighted by atomic mass is 79.9. The number of hydrogen-bond donors (Lipinski definition) is 1. The van der Waals surface area contributed by atoms with Gasteiger partial charge in [-0.15, -0.1) is 0 Å². The number of hydrogen-bond acceptors (Lipinski definition) is 2. The number of nitrogens with one attached hydrogen (secondary N) is 1. The molecule has 0 saturated heterocycles. The van der Waals surface area contributed by atoms with Crippen LogP contribution in [0.25, 0.3) is 0 Å². The highest BCUT2D eigenvalue weighted by molar-refractivity contribution is 9.09. The van der Waals surface area contributed by atoms with Crippen molar-refractivity contribution in [3.05, 3.63) is 0 Å². The first-order valence-corrected chi connectivity index (χ1v) is 7.84. The Bertz CT molecular complexity index is 305. The van der Waals surface area contributed by atoms with E-state index in [1.165, 1.54) is 0 Å². The Hall–Kier alpha value is 0.390. The summed E-state index contributed by atoms with van der Waals surface area (Å²) >= 11 is 3.43. The first-order valence-electron chi connectivity index (χ1n) is 5.17. The van der Waals surface area contributed by atoms with E-state index in [2.05, 4.69) is 20.7 Å². The van der Waals surface area contributed by atoms with Gasteiger partial charge in [0.15, 0.2) is 0 Å². The second-order valence-electron chi connectivity index (χ2n) is 4.47. The van der Waals surface area contributed by atoms with Gasteiger partial charge in [-0.1, -0.05) is 28.8 Å². The van der Waals surface area contributed by atoms with E-state index in [9.17, 15) is 8.42 Å². The molecule has 2 saturated carbocycles. The lowest BCUT2D eigenvalue weighted by Crippen LogP contribution is -2.48. The third-order valence-corrected chi connectivity index (χ3v) is 6.28. The lowest BCUT2D eigenvalue weighted by atomic mass is 10.0. The van der Waals surface area contributed by atoms with Crippen LogP contribution in [-0.2, 0) is 10.0 Å². The van der Waals surface area contributed by atoms with Crippen LogP contribution in [0.1, 0.15) is 38.5 Å². The van der Waals surface area contributed by atoms with Crippen molar-refractivity contribution in [2.45, 2.75) is 49.3 Å². The fourth-order valence-corrected chi connectivity index (χ4v) is 4.77. The smallest absolute Gasteiger partial charge is 0.212 e. The molecule has 1 N–H and O–H groups in total. The largest absolute Gasteiger partial charge is 0.215 e. The predicted molar refractivity (Wildman–Crippen MR) is 60.1 cm³/mol. The average molecular weight is 282 g/mol. The maximum atomic E-state index is 11.8. The number of sulfonamides is 1. The minimum Gasteiger partial charge on any atom is -0.212 e. The molecule has 82 valence electrons. The van der Waals surface area contributed by atoms with Crippen LogP contribution in [0.3, 0.4) is 0 Å². The molecule has 0 amide bonds. The summed E-state index contributed by atoms with van der Waals surface area (Å²) in [6.07, 6.45) is 5.91. The highest BCUT2D eigenvalue weighted by Crippen LogP contribution is 2.35. The third kappa shape index (κ3) is 2.14. The van der Waals surface area contributed by atoms with Crippen molar-refractivity contribution in [1.29, 1.82) is 0 Å². The summed E-state index contributed by atoms with van der Waals surface area (Å²) in [5.74, 6) is 0. The van der Waals surface area contributed by atoms with Crippen LogP contribution in [0.5, 0.6) is 0 Å². The molecule has 0 unspecified atom stereocenters. The van der Waals surface area contributed by atoms with E-state index in [0.717, 1.165) is 43.9 Å². The monoisotopic (exact) mass is 281 g/mol. The Morgan fingerprint density at radius 1 is 1.29 bits per heavy atom. The van der Waals surface area contributed by atoms with Crippen molar-refractivity contribution in [3.8, 4) is 0 Å². The lowest BCUT2D eigenvalue weighted by Gasteiger charge is -2.27. The van der Waals surface area contributed by atoms with E-state index in [4.69, 9.17) is 0 Å². The summed E-state index contributed by atoms with van der Waals surface area (Å²) in [4.78, 5) is 0. The second kappa shape index (κ2) is 3.76. The molecule has 0 heterocycles. The van der Waals surface area contributed by atoms with E-state index < -0.39 is 10.0 Å². The molecule has 0 aliphatic heterocycles. The molecule has 0 atom stereocenters. The van der Waals surface area contributed by atoms with Gasteiger partial charge < -0.3 is 0 Å². The summed E-state index contributed by atoms with van der Waals surface area (Å²) < 4.78 is 26.5. The molecule has 0 bridgehead atoms. The second-order valence-corrected chi connectivity index (χ2v) is 6.99. The standard InChI is InChI=1S/C9H16BrNO2S/c10-7-9(5-1-2-6-9)11-14(12,13)8-3-4-8/h8,11H,1-7H2. The molecular formula is C9H16BrNO2S. The van der Waals surface area contributed by atoms with E-state index in [1.807, 2.05) is 0 Å². The van der Waals surface area contributed by atoms with E-state index >= 15 is 0 Å². The van der Waals surface area contributed by atoms with Crippen LogP contribution in [0.15, 0.2) is 0 Å². The van der Waals surface area contributed by atoms with Gasteiger partial charge in [0.05, 0.1) is 5.25 Å². The van der Waals surface area contributed by atoms with Crippen molar-refractivity contribution in [2.24, 2.45) is 0 Å². The van der Waals surface area contributed by atoms with Gasteiger partial charge in [0.1, 0.15) is 0 Å². The zero-order valence-electron chi connectivity index (χ0n) is 8.13. The molecule has 14 heavy (non-hydrogen) atoms. The van der Waals surface area contributed by atoms with Gasteiger partial charge in [-0.2, -0.15) is 0 Å². The van der Waals surface area contributed by atoms with Crippen molar-refractivity contribution in [2.75, 3.05) is 5.33 Å². The van der Waals surface area contributed by atoms with Gasteiger partial charge in [0.25, 0.3) is 0 Å².